The third-order valence-corrected chi connectivity index (χ3v) is 4.25. The molecule has 0 bridgehead atoms. The number of amides is 2. The van der Waals surface area contributed by atoms with Crippen molar-refractivity contribution in [3.8, 4) is 0 Å². The van der Waals surface area contributed by atoms with Crippen LogP contribution < -0.4 is 10.6 Å². The Kier molecular flexibility index (Phi) is 6.42. The van der Waals surface area contributed by atoms with E-state index in [2.05, 4.69) is 15.6 Å². The van der Waals surface area contributed by atoms with Gasteiger partial charge in [0.05, 0.1) is 17.3 Å². The highest BCUT2D eigenvalue weighted by atomic mass is 16.5. The topological polar surface area (TPSA) is 100 Å². The number of aromatic nitrogens is 1. The number of hydrogen-bond acceptors (Lipinski definition) is 4. The number of H-pyrrole nitrogens is 1. The van der Waals surface area contributed by atoms with Crippen LogP contribution in [0.1, 0.15) is 39.4 Å². The van der Waals surface area contributed by atoms with Gasteiger partial charge in [-0.05, 0) is 36.8 Å². The zero-order chi connectivity index (χ0) is 20.6. The smallest absolute Gasteiger partial charge is 0.355 e. The maximum Gasteiger partial charge on any atom is 0.355 e. The van der Waals surface area contributed by atoms with Gasteiger partial charge in [0.15, 0.2) is 6.61 Å². The molecule has 29 heavy (non-hydrogen) atoms. The molecule has 0 aliphatic rings. The van der Waals surface area contributed by atoms with Crippen LogP contribution in [-0.2, 0) is 9.53 Å². The molecule has 2 amide bonds. The average Bonchev–Trinajstić information content (AvgIpc) is 3.28. The van der Waals surface area contributed by atoms with Crippen molar-refractivity contribution in [2.75, 3.05) is 11.9 Å². The lowest BCUT2D eigenvalue weighted by Gasteiger charge is -2.16. The standard InChI is InChI=1S/C22H21N3O4/c1-15(16-8-3-2-4-9-16)24-21(27)17-10-5-6-11-18(17)25-20(26)14-29-22(28)19-12-7-13-23-19/h2-13,15,23H,14H2,1H3,(H,24,27)(H,25,26)/t15-/m0/s1. The van der Waals surface area contributed by atoms with E-state index in [1.165, 1.54) is 0 Å². The molecule has 148 valence electrons. The predicted molar refractivity (Wildman–Crippen MR) is 108 cm³/mol. The second-order valence-corrected chi connectivity index (χ2v) is 6.36. The molecule has 0 aliphatic heterocycles. The summed E-state index contributed by atoms with van der Waals surface area (Å²) in [6.45, 7) is 1.42. The lowest BCUT2D eigenvalue weighted by Crippen LogP contribution is -2.28. The molecule has 0 fully saturated rings. The van der Waals surface area contributed by atoms with E-state index in [1.807, 2.05) is 37.3 Å². The Morgan fingerprint density at radius 3 is 2.41 bits per heavy atom. The zero-order valence-corrected chi connectivity index (χ0v) is 15.8. The molecule has 3 rings (SSSR count). The second kappa shape index (κ2) is 9.36. The first-order chi connectivity index (χ1) is 14.0. The van der Waals surface area contributed by atoms with Crippen molar-refractivity contribution in [2.45, 2.75) is 13.0 Å². The number of anilines is 1. The van der Waals surface area contributed by atoms with Gasteiger partial charge in [0.25, 0.3) is 11.8 Å². The second-order valence-electron chi connectivity index (χ2n) is 6.36. The number of hydrogen-bond donors (Lipinski definition) is 3. The minimum atomic E-state index is -0.632. The number of carbonyl (C=O) groups excluding carboxylic acids is 3. The van der Waals surface area contributed by atoms with E-state index in [0.717, 1.165) is 5.56 Å². The quantitative estimate of drug-likeness (QED) is 0.538. The van der Waals surface area contributed by atoms with Crippen LogP contribution in [0.5, 0.6) is 0 Å². The van der Waals surface area contributed by atoms with Gasteiger partial charge in [-0.3, -0.25) is 9.59 Å². The van der Waals surface area contributed by atoms with Crippen LogP contribution >= 0.6 is 0 Å². The fourth-order valence-corrected chi connectivity index (χ4v) is 2.74. The molecule has 2 aromatic carbocycles. The van der Waals surface area contributed by atoms with Gasteiger partial charge in [-0.25, -0.2) is 4.79 Å². The van der Waals surface area contributed by atoms with E-state index in [0.29, 0.717) is 11.3 Å². The SMILES string of the molecule is C[C@H](NC(=O)c1ccccc1NC(=O)COC(=O)c1ccc[nH]1)c1ccccc1. The Hall–Kier alpha value is -3.87. The molecule has 0 aliphatic carbocycles. The minimum absolute atomic E-state index is 0.200. The molecule has 0 saturated carbocycles. The first-order valence-corrected chi connectivity index (χ1v) is 9.10. The van der Waals surface area contributed by atoms with E-state index in [1.54, 1.807) is 42.6 Å². The van der Waals surface area contributed by atoms with E-state index in [9.17, 15) is 14.4 Å². The van der Waals surface area contributed by atoms with E-state index in [-0.39, 0.29) is 17.6 Å². The molecular weight excluding hydrogens is 370 g/mol. The molecule has 1 atom stereocenters. The van der Waals surface area contributed by atoms with Crippen molar-refractivity contribution < 1.29 is 19.1 Å². The Balaban J connectivity index is 1.61. The Morgan fingerprint density at radius 2 is 1.69 bits per heavy atom. The zero-order valence-electron chi connectivity index (χ0n) is 15.8. The van der Waals surface area contributed by atoms with Crippen molar-refractivity contribution in [1.82, 2.24) is 10.3 Å². The molecule has 7 heteroatoms. The van der Waals surface area contributed by atoms with Crippen LogP contribution in [0.3, 0.4) is 0 Å². The number of rotatable bonds is 7. The van der Waals surface area contributed by atoms with Crippen LogP contribution in [0, 0.1) is 0 Å². The fraction of sp³-hybridized carbons (Fsp3) is 0.136. The number of aromatic amines is 1. The highest BCUT2D eigenvalue weighted by Gasteiger charge is 2.17. The molecule has 0 spiro atoms. The molecule has 3 N–H and O–H groups in total. The number of nitrogens with one attached hydrogen (secondary N) is 3. The summed E-state index contributed by atoms with van der Waals surface area (Å²) < 4.78 is 4.96. The summed E-state index contributed by atoms with van der Waals surface area (Å²) in [5.41, 5.74) is 1.89. The predicted octanol–water partition coefficient (Wildman–Crippen LogP) is 3.30. The third-order valence-electron chi connectivity index (χ3n) is 4.25. The maximum absolute atomic E-state index is 12.7. The van der Waals surface area contributed by atoms with E-state index >= 15 is 0 Å². The van der Waals surface area contributed by atoms with Crippen LogP contribution in [0.15, 0.2) is 72.9 Å². The summed E-state index contributed by atoms with van der Waals surface area (Å²) in [4.78, 5) is 39.4. The molecule has 1 aromatic heterocycles. The summed E-state index contributed by atoms with van der Waals surface area (Å²) in [5.74, 6) is -1.49. The van der Waals surface area contributed by atoms with Crippen molar-refractivity contribution in [3.63, 3.8) is 0 Å². The summed E-state index contributed by atoms with van der Waals surface area (Å²) in [5, 5.41) is 5.53. The average molecular weight is 391 g/mol. The summed E-state index contributed by atoms with van der Waals surface area (Å²) in [6, 6.07) is 19.2. The molecule has 0 saturated heterocycles. The van der Waals surface area contributed by atoms with E-state index < -0.39 is 18.5 Å². The maximum atomic E-state index is 12.7. The molecular formula is C22H21N3O4. The number of para-hydroxylation sites is 1. The minimum Gasteiger partial charge on any atom is -0.451 e. The normalized spacial score (nSPS) is 11.3. The third kappa shape index (κ3) is 5.32. The van der Waals surface area contributed by atoms with Crippen LogP contribution in [0.4, 0.5) is 5.69 Å². The lowest BCUT2D eigenvalue weighted by atomic mass is 10.1. The van der Waals surface area contributed by atoms with Gasteiger partial charge in [0, 0.05) is 6.20 Å². The van der Waals surface area contributed by atoms with Crippen LogP contribution in [-0.4, -0.2) is 29.4 Å². The largest absolute Gasteiger partial charge is 0.451 e. The van der Waals surface area contributed by atoms with Crippen molar-refractivity contribution in [2.24, 2.45) is 0 Å². The first kappa shape index (κ1) is 19.9. The Morgan fingerprint density at radius 1 is 0.966 bits per heavy atom. The molecule has 7 nitrogen and oxygen atoms in total. The van der Waals surface area contributed by atoms with Crippen molar-refractivity contribution >= 4 is 23.5 Å². The van der Waals surface area contributed by atoms with Gasteiger partial charge < -0.3 is 20.4 Å². The molecule has 1 heterocycles. The highest BCUT2D eigenvalue weighted by molar-refractivity contribution is 6.04. The lowest BCUT2D eigenvalue weighted by molar-refractivity contribution is -0.119. The highest BCUT2D eigenvalue weighted by Crippen LogP contribution is 2.18. The number of carbonyl (C=O) groups is 3. The van der Waals surface area contributed by atoms with Gasteiger partial charge in [-0.15, -0.1) is 0 Å². The summed E-state index contributed by atoms with van der Waals surface area (Å²) in [6.07, 6.45) is 1.59. The van der Waals surface area contributed by atoms with Gasteiger partial charge in [0.2, 0.25) is 0 Å². The van der Waals surface area contributed by atoms with Crippen molar-refractivity contribution in [1.29, 1.82) is 0 Å². The number of esters is 1. The summed E-state index contributed by atoms with van der Waals surface area (Å²) in [7, 11) is 0. The van der Waals surface area contributed by atoms with Gasteiger partial charge in [0.1, 0.15) is 5.69 Å². The van der Waals surface area contributed by atoms with E-state index in [4.69, 9.17) is 4.74 Å². The fourth-order valence-electron chi connectivity index (χ4n) is 2.74. The van der Waals surface area contributed by atoms with Gasteiger partial charge in [-0.2, -0.15) is 0 Å². The first-order valence-electron chi connectivity index (χ1n) is 9.10. The Labute approximate surface area is 168 Å². The molecule has 3 aromatic rings. The molecule has 0 radical (unpaired) electrons. The summed E-state index contributed by atoms with van der Waals surface area (Å²) >= 11 is 0. The number of benzene rings is 2. The van der Waals surface area contributed by atoms with Gasteiger partial charge in [-0.1, -0.05) is 42.5 Å². The monoisotopic (exact) mass is 391 g/mol. The Bertz CT molecular complexity index is 984. The van der Waals surface area contributed by atoms with Crippen LogP contribution in [0.25, 0.3) is 0 Å². The molecule has 0 unspecified atom stereocenters. The van der Waals surface area contributed by atoms with Gasteiger partial charge >= 0.3 is 5.97 Å². The van der Waals surface area contributed by atoms with Crippen molar-refractivity contribution in [3.05, 3.63) is 89.7 Å². The van der Waals surface area contributed by atoms with Crippen LogP contribution in [0.2, 0.25) is 0 Å². The number of ether oxygens (including phenoxy) is 1.